The molecule has 8 heterocycles. The van der Waals surface area contributed by atoms with Gasteiger partial charge in [-0.2, -0.15) is 0 Å². The predicted octanol–water partition coefficient (Wildman–Crippen LogP) is 5.73. The molecule has 6 aliphatic heterocycles. The van der Waals surface area contributed by atoms with Gasteiger partial charge < -0.3 is 77.3 Å². The largest absolute Gasteiger partial charge is 0.511 e. The first-order valence-electron chi connectivity index (χ1n) is 25.9. The van der Waals surface area contributed by atoms with Gasteiger partial charge in [0.25, 0.3) is 23.6 Å². The van der Waals surface area contributed by atoms with Crippen LogP contribution in [0.2, 0.25) is 10.0 Å². The SMILES string of the molecule is COCCCOC(=O)OCCl.COCCOC(=O)OCOc1c2n3c(c(C(=O)NCc4cccc(Cl)c4F)c1=O)CC[C@@H]3[C@@H]1OCCCN1C2=O.O=C(NCc1cccc(Cl)c1F)c1c2n3c(c(O)c1=O)C(=O)N1CCCO[C@H]1[C@H]3CC2. The highest BCUT2D eigenvalue weighted by atomic mass is 35.5. The molecule has 2 aromatic carbocycles. The van der Waals surface area contributed by atoms with Crippen molar-refractivity contribution in [2.45, 2.75) is 82.6 Å². The van der Waals surface area contributed by atoms with Crippen molar-refractivity contribution in [3.8, 4) is 11.5 Å². The molecule has 4 aromatic rings. The number of rotatable bonds is 17. The molecule has 4 amide bonds. The van der Waals surface area contributed by atoms with Crippen LogP contribution in [0.5, 0.6) is 11.5 Å². The minimum Gasteiger partial charge on any atom is -0.503 e. The summed E-state index contributed by atoms with van der Waals surface area (Å²) in [4.78, 5) is 105. The van der Waals surface area contributed by atoms with Crippen LogP contribution in [0.25, 0.3) is 0 Å². The number of nitrogens with zero attached hydrogens (tertiary/aromatic N) is 4. The molecular weight excluding hydrogens is 1150 g/mol. The van der Waals surface area contributed by atoms with Crippen LogP contribution in [0.1, 0.15) is 108 Å². The van der Waals surface area contributed by atoms with E-state index in [9.17, 15) is 52.2 Å². The van der Waals surface area contributed by atoms with Crippen molar-refractivity contribution < 1.29 is 85.3 Å². The summed E-state index contributed by atoms with van der Waals surface area (Å²) < 4.78 is 77.1. The molecule has 4 atom stereocenters. The second-order valence-electron chi connectivity index (χ2n) is 18.8. The monoisotopic (exact) mass is 1210 g/mol. The van der Waals surface area contributed by atoms with E-state index >= 15 is 0 Å². The molecule has 442 valence electrons. The first-order chi connectivity index (χ1) is 39.5. The molecule has 3 N–H and O–H groups in total. The van der Waals surface area contributed by atoms with Crippen molar-refractivity contribution in [2.75, 3.05) is 79.8 Å². The Morgan fingerprint density at radius 1 is 0.671 bits per heavy atom. The molecule has 2 saturated heterocycles. The molecule has 0 unspecified atom stereocenters. The van der Waals surface area contributed by atoms with Gasteiger partial charge in [0.15, 0.2) is 35.7 Å². The summed E-state index contributed by atoms with van der Waals surface area (Å²) in [6, 6.07) is 7.98. The minimum atomic E-state index is -1.07. The lowest BCUT2D eigenvalue weighted by atomic mass is 10.1. The van der Waals surface area contributed by atoms with Crippen LogP contribution in [0.4, 0.5) is 18.4 Å². The van der Waals surface area contributed by atoms with Gasteiger partial charge in [-0.05, 0) is 50.7 Å². The summed E-state index contributed by atoms with van der Waals surface area (Å²) >= 11 is 16.7. The Morgan fingerprint density at radius 3 is 1.71 bits per heavy atom. The molecule has 82 heavy (non-hydrogen) atoms. The topological polar surface area (TPSA) is 280 Å². The van der Waals surface area contributed by atoms with Gasteiger partial charge in [0.1, 0.15) is 29.4 Å². The lowest BCUT2D eigenvalue weighted by Crippen LogP contribution is -2.55. The lowest BCUT2D eigenvalue weighted by molar-refractivity contribution is -0.110. The van der Waals surface area contributed by atoms with Crippen LogP contribution in [0, 0.1) is 11.6 Å². The molecule has 6 aliphatic rings. The molecule has 0 radical (unpaired) electrons. The number of nitrogens with one attached hydrogen (secondary N) is 2. The highest BCUT2D eigenvalue weighted by Gasteiger charge is 2.50. The number of ether oxygens (including phenoxy) is 9. The molecule has 10 rings (SSSR count). The Hall–Kier alpha value is -7.07. The van der Waals surface area contributed by atoms with Crippen molar-refractivity contribution in [1.82, 2.24) is 29.6 Å². The van der Waals surface area contributed by atoms with Crippen molar-refractivity contribution in [3.05, 3.63) is 124 Å². The molecular formula is C53H57Cl3F2N6O18. The maximum atomic E-state index is 14.4. The van der Waals surface area contributed by atoms with E-state index in [1.54, 1.807) is 38.2 Å². The fraction of sp³-hybridized carbons (Fsp3) is 0.472. The number of hydrogen-bond acceptors (Lipinski definition) is 18. The zero-order chi connectivity index (χ0) is 58.8. The fourth-order valence-corrected chi connectivity index (χ4v) is 10.9. The summed E-state index contributed by atoms with van der Waals surface area (Å²) in [5.41, 5.74) is -1.35. The van der Waals surface area contributed by atoms with Gasteiger partial charge in [-0.25, -0.2) is 18.4 Å². The fourth-order valence-electron chi connectivity index (χ4n) is 10.4. The molecule has 2 fully saturated rings. The van der Waals surface area contributed by atoms with Crippen LogP contribution in [0.15, 0.2) is 46.0 Å². The van der Waals surface area contributed by atoms with Crippen LogP contribution in [-0.2, 0) is 63.8 Å². The summed E-state index contributed by atoms with van der Waals surface area (Å²) in [6.45, 7) is 1.67. The van der Waals surface area contributed by atoms with E-state index in [1.165, 1.54) is 31.4 Å². The summed E-state index contributed by atoms with van der Waals surface area (Å²) in [5, 5.41) is 15.5. The van der Waals surface area contributed by atoms with E-state index in [4.69, 9.17) is 68.0 Å². The number of aromatic nitrogens is 2. The standard InChI is InChI=1S/C26H27ClFN3O9.C21H19ClFN3O5.C6H11ClO4/c1-36-10-11-38-26(35)40-13-39-22-20-24(34)30-8-3-9-37-25(30)17-7-6-16(31(17)20)18(21(22)32)23(33)29-12-14-4-2-5-15(27)19(14)28;22-11-4-1-3-10(15(11)23)9-24-19(29)14-12-5-6-13-21-25(7-2-8-31-21)20(30)16(26(12)13)18(28)17(14)27;1-9-3-2-4-10-6(8)11-5-7/h2,4-5,17,25H,3,6-13H2,1H3,(H,29,33);1,3-4,13,21,28H,2,5-9H2,(H,24,29);2-5H2,1H3/t17-,25+;13-,21+;/m11./s1. The van der Waals surface area contributed by atoms with E-state index in [1.807, 2.05) is 0 Å². The zero-order valence-electron chi connectivity index (χ0n) is 44.3. The molecule has 24 nitrogen and oxygen atoms in total. The molecule has 0 bridgehead atoms. The van der Waals surface area contributed by atoms with Gasteiger partial charge in [-0.3, -0.25) is 28.8 Å². The maximum Gasteiger partial charge on any atom is 0.511 e. The number of methoxy groups -OCH3 is 2. The number of halogens is 5. The predicted molar refractivity (Wildman–Crippen MR) is 283 cm³/mol. The molecule has 0 aliphatic carbocycles. The Kier molecular flexibility index (Phi) is 20.7. The first-order valence-corrected chi connectivity index (χ1v) is 27.2. The maximum absolute atomic E-state index is 14.4. The summed E-state index contributed by atoms with van der Waals surface area (Å²) in [7, 11) is 3.02. The third-order valence-corrected chi connectivity index (χ3v) is 14.7. The van der Waals surface area contributed by atoms with E-state index in [-0.39, 0.29) is 88.1 Å². The van der Waals surface area contributed by atoms with E-state index in [2.05, 4.69) is 20.1 Å². The highest BCUT2D eigenvalue weighted by Crippen LogP contribution is 2.43. The molecule has 0 saturated carbocycles. The average Bonchev–Trinajstić information content (AvgIpc) is 1.86. The minimum absolute atomic E-state index is 0.0435. The first kappa shape index (κ1) is 61.0. The van der Waals surface area contributed by atoms with Gasteiger partial charge in [-0.1, -0.05) is 59.1 Å². The quantitative estimate of drug-likeness (QED) is 0.0492. The molecule has 29 heteroatoms. The second-order valence-corrected chi connectivity index (χ2v) is 19.9. The Balaban J connectivity index is 0.000000185. The lowest BCUT2D eigenvalue weighted by Gasteiger charge is -2.44. The number of fused-ring (bicyclic) bond motifs is 4. The average molecular weight is 1210 g/mol. The number of benzene rings is 2. The number of carbonyl (C=O) groups is 6. The van der Waals surface area contributed by atoms with Gasteiger partial charge in [0.05, 0.1) is 48.6 Å². The zero-order valence-corrected chi connectivity index (χ0v) is 46.5. The number of alkyl halides is 1. The van der Waals surface area contributed by atoms with E-state index < -0.39 is 89.2 Å². The highest BCUT2D eigenvalue weighted by molar-refractivity contribution is 6.31. The Morgan fingerprint density at radius 2 is 1.17 bits per heavy atom. The van der Waals surface area contributed by atoms with Crippen LogP contribution < -0.4 is 26.2 Å². The number of carbonyl (C=O) groups excluding carboxylic acids is 6. The van der Waals surface area contributed by atoms with Crippen molar-refractivity contribution in [1.29, 1.82) is 0 Å². The Labute approximate surface area is 481 Å². The van der Waals surface area contributed by atoms with Crippen molar-refractivity contribution in [3.63, 3.8) is 0 Å². The second kappa shape index (κ2) is 27.8. The smallest absolute Gasteiger partial charge is 0.503 e. The normalized spacial score (nSPS) is 18.7. The number of pyridine rings is 2. The third kappa shape index (κ3) is 12.9. The number of amides is 4. The Bertz CT molecular complexity index is 3220. The molecule has 2 aromatic heterocycles. The van der Waals surface area contributed by atoms with Gasteiger partial charge >= 0.3 is 12.3 Å². The van der Waals surface area contributed by atoms with Crippen LogP contribution in [-0.4, -0.2) is 152 Å². The van der Waals surface area contributed by atoms with Crippen molar-refractivity contribution in [2.24, 2.45) is 0 Å². The van der Waals surface area contributed by atoms with Gasteiger partial charge in [0.2, 0.25) is 23.4 Å². The van der Waals surface area contributed by atoms with Crippen LogP contribution in [0.3, 0.4) is 0 Å². The molecule has 0 spiro atoms. The van der Waals surface area contributed by atoms with Crippen molar-refractivity contribution >= 4 is 70.7 Å². The van der Waals surface area contributed by atoms with E-state index in [0.717, 1.165) is 0 Å². The summed E-state index contributed by atoms with van der Waals surface area (Å²) in [6.07, 6.45) is 0.873. The summed E-state index contributed by atoms with van der Waals surface area (Å²) in [5.74, 6) is -5.02. The van der Waals surface area contributed by atoms with Gasteiger partial charge in [0, 0.05) is 75.9 Å². The van der Waals surface area contributed by atoms with E-state index in [0.29, 0.717) is 95.9 Å². The van der Waals surface area contributed by atoms with Crippen LogP contribution >= 0.6 is 34.8 Å². The number of aromatic hydroxyl groups is 1. The number of hydrogen-bond donors (Lipinski definition) is 3. The third-order valence-electron chi connectivity index (χ3n) is 14.0. The van der Waals surface area contributed by atoms with Gasteiger partial charge in [-0.15, -0.1) is 0 Å².